The van der Waals surface area contributed by atoms with E-state index in [1.807, 2.05) is 54.6 Å². The van der Waals surface area contributed by atoms with Gasteiger partial charge in [0.25, 0.3) is 0 Å². The number of aliphatic hydroxyl groups is 1. The molecule has 0 unspecified atom stereocenters. The van der Waals surface area contributed by atoms with Crippen LogP contribution in [0.5, 0.6) is 5.88 Å². The summed E-state index contributed by atoms with van der Waals surface area (Å²) in [4.78, 5) is 8.27. The number of aromatic nitrogens is 2. The Kier molecular flexibility index (Phi) is 7.56. The average Bonchev–Trinajstić information content (AvgIpc) is 2.77. The van der Waals surface area contributed by atoms with Gasteiger partial charge in [-0.1, -0.05) is 68.4 Å². The van der Waals surface area contributed by atoms with Crippen LogP contribution in [0.15, 0.2) is 60.9 Å². The summed E-state index contributed by atoms with van der Waals surface area (Å²) in [5.74, 6) is 0.620. The van der Waals surface area contributed by atoms with Crippen molar-refractivity contribution in [3.05, 3.63) is 72.1 Å². The van der Waals surface area contributed by atoms with Gasteiger partial charge >= 0.3 is 10.2 Å². The number of hydrogen-bond acceptors (Lipinski definition) is 6. The molecule has 164 valence electrons. The Labute approximate surface area is 182 Å². The Morgan fingerprint density at radius 3 is 2.39 bits per heavy atom. The molecule has 3 N–H and O–H groups in total. The number of nitrogens with one attached hydrogen (secondary N) is 2. The van der Waals surface area contributed by atoms with Gasteiger partial charge in [0.1, 0.15) is 12.9 Å². The zero-order chi connectivity index (χ0) is 22.3. The number of ether oxygens (including phenoxy) is 1. The van der Waals surface area contributed by atoms with E-state index in [4.69, 9.17) is 9.84 Å². The number of benzene rings is 2. The van der Waals surface area contributed by atoms with Gasteiger partial charge < -0.3 is 9.84 Å². The Bertz CT molecular complexity index is 1090. The van der Waals surface area contributed by atoms with E-state index in [1.54, 1.807) is 0 Å². The predicted molar refractivity (Wildman–Crippen MR) is 120 cm³/mol. The molecule has 0 fully saturated rings. The monoisotopic (exact) mass is 442 g/mol. The third-order valence-corrected chi connectivity index (χ3v) is 5.54. The minimum Gasteiger partial charge on any atom is -0.475 e. The van der Waals surface area contributed by atoms with Gasteiger partial charge in [0.2, 0.25) is 5.88 Å². The van der Waals surface area contributed by atoms with Crippen LogP contribution >= 0.6 is 0 Å². The fraction of sp³-hybridized carbons (Fsp3) is 0.273. The molecule has 1 heterocycles. The first-order chi connectivity index (χ1) is 14.9. The highest BCUT2D eigenvalue weighted by Gasteiger charge is 2.20. The van der Waals surface area contributed by atoms with Gasteiger partial charge in [0.05, 0.1) is 12.2 Å². The van der Waals surface area contributed by atoms with Gasteiger partial charge in [0.15, 0.2) is 5.82 Å². The molecule has 0 radical (unpaired) electrons. The van der Waals surface area contributed by atoms with Crippen LogP contribution in [-0.4, -0.2) is 36.7 Å². The molecule has 31 heavy (non-hydrogen) atoms. The summed E-state index contributed by atoms with van der Waals surface area (Å²) in [6.07, 6.45) is 1.22. The molecule has 0 bridgehead atoms. The second-order valence-electron chi connectivity index (χ2n) is 7.16. The van der Waals surface area contributed by atoms with Crippen LogP contribution in [0.3, 0.4) is 0 Å². The molecule has 0 amide bonds. The van der Waals surface area contributed by atoms with E-state index in [2.05, 4.69) is 33.3 Å². The van der Waals surface area contributed by atoms with Gasteiger partial charge in [-0.2, -0.15) is 13.1 Å². The zero-order valence-corrected chi connectivity index (χ0v) is 18.3. The molecule has 0 aliphatic heterocycles. The lowest BCUT2D eigenvalue weighted by Gasteiger charge is -2.16. The second-order valence-corrected chi connectivity index (χ2v) is 8.66. The van der Waals surface area contributed by atoms with Crippen LogP contribution < -0.4 is 14.2 Å². The molecular formula is C22H26N4O4S. The topological polar surface area (TPSA) is 113 Å². The largest absolute Gasteiger partial charge is 0.475 e. The maximum Gasteiger partial charge on any atom is 0.300 e. The summed E-state index contributed by atoms with van der Waals surface area (Å²) >= 11 is 0. The van der Waals surface area contributed by atoms with Crippen molar-refractivity contribution in [2.45, 2.75) is 26.3 Å². The van der Waals surface area contributed by atoms with Crippen molar-refractivity contribution in [2.24, 2.45) is 0 Å². The van der Waals surface area contributed by atoms with Crippen LogP contribution in [0.1, 0.15) is 30.9 Å². The van der Waals surface area contributed by atoms with Crippen LogP contribution in [-0.2, 0) is 16.8 Å². The molecule has 0 saturated heterocycles. The first kappa shape index (κ1) is 22.7. The maximum atomic E-state index is 12.7. The maximum absolute atomic E-state index is 12.7. The highest BCUT2D eigenvalue weighted by atomic mass is 32.2. The van der Waals surface area contributed by atoms with E-state index in [0.29, 0.717) is 17.0 Å². The zero-order valence-electron chi connectivity index (χ0n) is 17.4. The molecule has 0 aliphatic carbocycles. The molecule has 3 rings (SSSR count). The van der Waals surface area contributed by atoms with E-state index in [-0.39, 0.29) is 31.5 Å². The highest BCUT2D eigenvalue weighted by molar-refractivity contribution is 7.90. The number of rotatable bonds is 10. The first-order valence-corrected chi connectivity index (χ1v) is 11.4. The number of hydrogen-bond donors (Lipinski definition) is 3. The Morgan fingerprint density at radius 2 is 1.74 bits per heavy atom. The molecule has 0 saturated carbocycles. The third kappa shape index (κ3) is 6.24. The van der Waals surface area contributed by atoms with Crippen molar-refractivity contribution < 1.29 is 18.3 Å². The summed E-state index contributed by atoms with van der Waals surface area (Å²) < 4.78 is 35.9. The second kappa shape index (κ2) is 10.3. The summed E-state index contributed by atoms with van der Waals surface area (Å²) in [5.41, 5.74) is 3.06. The lowest BCUT2D eigenvalue weighted by Crippen LogP contribution is -2.30. The van der Waals surface area contributed by atoms with E-state index in [9.17, 15) is 8.42 Å². The van der Waals surface area contributed by atoms with Crippen molar-refractivity contribution in [1.82, 2.24) is 14.7 Å². The first-order valence-electron chi connectivity index (χ1n) is 9.90. The van der Waals surface area contributed by atoms with Gasteiger partial charge in [-0.15, -0.1) is 0 Å². The Balaban J connectivity index is 1.91. The normalized spacial score (nSPS) is 11.5. The Hall–Kier alpha value is -3.01. The van der Waals surface area contributed by atoms with Crippen molar-refractivity contribution in [3.8, 4) is 17.0 Å². The van der Waals surface area contributed by atoms with Crippen molar-refractivity contribution >= 4 is 16.0 Å². The Morgan fingerprint density at radius 1 is 1.03 bits per heavy atom. The molecule has 3 aromatic rings. The predicted octanol–water partition coefficient (Wildman–Crippen LogP) is 3.08. The number of anilines is 1. The van der Waals surface area contributed by atoms with Crippen LogP contribution in [0.25, 0.3) is 11.1 Å². The van der Waals surface area contributed by atoms with Gasteiger partial charge in [0, 0.05) is 6.54 Å². The molecule has 0 aliphatic rings. The minimum absolute atomic E-state index is 0.0204. The standard InChI is InChI=1S/C22H26N4O4S/c1-16(2)18-8-10-19(11-9-18)20-21(23-15-24-22(20)30-13-12-27)26-31(28,29)25-14-17-6-4-3-5-7-17/h3-11,15-16,25,27H,12-14H2,1-2H3,(H,23,24,26). The summed E-state index contributed by atoms with van der Waals surface area (Å²) in [5, 5.41) is 9.13. The highest BCUT2D eigenvalue weighted by Crippen LogP contribution is 2.35. The quantitative estimate of drug-likeness (QED) is 0.445. The van der Waals surface area contributed by atoms with Gasteiger partial charge in [-0.25, -0.2) is 9.97 Å². The molecule has 8 nitrogen and oxygen atoms in total. The van der Waals surface area contributed by atoms with Crippen LogP contribution in [0, 0.1) is 0 Å². The van der Waals surface area contributed by atoms with Crippen LogP contribution in [0.4, 0.5) is 5.82 Å². The summed E-state index contributed by atoms with van der Waals surface area (Å²) in [6, 6.07) is 16.9. The van der Waals surface area contributed by atoms with E-state index >= 15 is 0 Å². The fourth-order valence-corrected chi connectivity index (χ4v) is 3.77. The molecule has 1 aromatic heterocycles. The van der Waals surface area contributed by atoms with Crippen molar-refractivity contribution in [3.63, 3.8) is 0 Å². The molecule has 0 atom stereocenters. The SMILES string of the molecule is CC(C)c1ccc(-c2c(NS(=O)(=O)NCc3ccccc3)ncnc2OCCO)cc1. The fourth-order valence-electron chi connectivity index (χ4n) is 2.93. The molecule has 0 spiro atoms. The third-order valence-electron chi connectivity index (χ3n) is 4.55. The van der Waals surface area contributed by atoms with E-state index in [1.165, 1.54) is 6.33 Å². The lowest BCUT2D eigenvalue weighted by atomic mass is 9.99. The van der Waals surface area contributed by atoms with Crippen LogP contribution in [0.2, 0.25) is 0 Å². The van der Waals surface area contributed by atoms with Crippen molar-refractivity contribution in [2.75, 3.05) is 17.9 Å². The minimum atomic E-state index is -3.92. The molecule has 2 aromatic carbocycles. The summed E-state index contributed by atoms with van der Waals surface area (Å²) in [6.45, 7) is 4.14. The average molecular weight is 443 g/mol. The van der Waals surface area contributed by atoms with E-state index in [0.717, 1.165) is 11.1 Å². The van der Waals surface area contributed by atoms with Gasteiger partial charge in [-0.05, 0) is 22.6 Å². The van der Waals surface area contributed by atoms with Crippen molar-refractivity contribution in [1.29, 1.82) is 0 Å². The summed E-state index contributed by atoms with van der Waals surface area (Å²) in [7, 11) is -3.92. The number of nitrogens with zero attached hydrogens (tertiary/aromatic N) is 2. The van der Waals surface area contributed by atoms with Gasteiger partial charge in [-0.3, -0.25) is 4.72 Å². The number of aliphatic hydroxyl groups excluding tert-OH is 1. The van der Waals surface area contributed by atoms with E-state index < -0.39 is 10.2 Å². The molecular weight excluding hydrogens is 416 g/mol. The molecule has 9 heteroatoms. The lowest BCUT2D eigenvalue weighted by molar-refractivity contribution is 0.197. The smallest absolute Gasteiger partial charge is 0.300 e.